The highest BCUT2D eigenvalue weighted by molar-refractivity contribution is 6.30. The molecule has 1 fully saturated rings. The molecule has 1 aromatic rings. The third kappa shape index (κ3) is 2.82. The summed E-state index contributed by atoms with van der Waals surface area (Å²) in [6.07, 6.45) is 4.74. The average Bonchev–Trinajstić information content (AvgIpc) is 2.37. The van der Waals surface area contributed by atoms with E-state index in [0.29, 0.717) is 10.7 Å². The zero-order valence-corrected chi connectivity index (χ0v) is 11.1. The molecule has 2 rings (SSSR count). The number of hydrogen-bond donors (Lipinski definition) is 1. The van der Waals surface area contributed by atoms with E-state index in [2.05, 4.69) is 4.98 Å². The summed E-state index contributed by atoms with van der Waals surface area (Å²) in [6, 6.07) is 3.07. The SMILES string of the molecule is CN(C(=O)c1cc(Cl)ccn1)C1CCCCC1O. The van der Waals surface area contributed by atoms with Crippen molar-refractivity contribution in [3.05, 3.63) is 29.0 Å². The number of aliphatic hydroxyl groups excluding tert-OH is 1. The fraction of sp³-hybridized carbons (Fsp3) is 0.538. The number of nitrogens with zero attached hydrogens (tertiary/aromatic N) is 2. The molecule has 1 aliphatic carbocycles. The molecule has 0 saturated heterocycles. The Bertz CT molecular complexity index is 439. The Morgan fingerprint density at radius 1 is 1.50 bits per heavy atom. The second-order valence-electron chi connectivity index (χ2n) is 4.69. The van der Waals surface area contributed by atoms with Crippen LogP contribution in [0.15, 0.2) is 18.3 Å². The minimum absolute atomic E-state index is 0.118. The number of aromatic nitrogens is 1. The molecule has 2 atom stereocenters. The molecule has 0 spiro atoms. The van der Waals surface area contributed by atoms with Crippen molar-refractivity contribution in [2.24, 2.45) is 0 Å². The van der Waals surface area contributed by atoms with E-state index in [1.54, 1.807) is 24.1 Å². The first-order chi connectivity index (χ1) is 8.59. The number of pyridine rings is 1. The Labute approximate surface area is 112 Å². The summed E-state index contributed by atoms with van der Waals surface area (Å²) >= 11 is 5.85. The van der Waals surface area contributed by atoms with Gasteiger partial charge in [-0.15, -0.1) is 0 Å². The third-order valence-electron chi connectivity index (χ3n) is 3.45. The Morgan fingerprint density at radius 3 is 2.89 bits per heavy atom. The molecule has 1 aliphatic rings. The zero-order chi connectivity index (χ0) is 13.1. The van der Waals surface area contributed by atoms with Crippen LogP contribution in [0, 0.1) is 0 Å². The fourth-order valence-electron chi connectivity index (χ4n) is 2.40. The number of hydrogen-bond acceptors (Lipinski definition) is 3. The largest absolute Gasteiger partial charge is 0.391 e. The van der Waals surface area contributed by atoms with Gasteiger partial charge in [0.25, 0.3) is 5.91 Å². The van der Waals surface area contributed by atoms with Crippen molar-refractivity contribution in [3.63, 3.8) is 0 Å². The van der Waals surface area contributed by atoms with Crippen LogP contribution in [0.5, 0.6) is 0 Å². The first-order valence-corrected chi connectivity index (χ1v) is 6.54. The minimum atomic E-state index is -0.438. The molecule has 1 saturated carbocycles. The smallest absolute Gasteiger partial charge is 0.272 e. The molecule has 1 N–H and O–H groups in total. The molecule has 1 amide bonds. The van der Waals surface area contributed by atoms with Gasteiger partial charge >= 0.3 is 0 Å². The van der Waals surface area contributed by atoms with E-state index in [4.69, 9.17) is 11.6 Å². The standard InChI is InChI=1S/C13H17ClN2O2/c1-16(11-4-2-3-5-12(11)17)13(18)10-8-9(14)6-7-15-10/h6-8,11-12,17H,2-5H2,1H3. The topological polar surface area (TPSA) is 53.4 Å². The second-order valence-corrected chi connectivity index (χ2v) is 5.13. The maximum Gasteiger partial charge on any atom is 0.272 e. The average molecular weight is 269 g/mol. The van der Waals surface area contributed by atoms with Crippen molar-refractivity contribution in [1.82, 2.24) is 9.88 Å². The van der Waals surface area contributed by atoms with E-state index in [1.165, 1.54) is 6.20 Å². The van der Waals surface area contributed by atoms with Gasteiger partial charge < -0.3 is 10.0 Å². The molecule has 4 nitrogen and oxygen atoms in total. The van der Waals surface area contributed by atoms with Gasteiger partial charge in [0.2, 0.25) is 0 Å². The summed E-state index contributed by atoms with van der Waals surface area (Å²) in [7, 11) is 1.71. The predicted octanol–water partition coefficient (Wildman–Crippen LogP) is 2.11. The number of aliphatic hydroxyl groups is 1. The highest BCUT2D eigenvalue weighted by atomic mass is 35.5. The van der Waals surface area contributed by atoms with Gasteiger partial charge in [0.1, 0.15) is 5.69 Å². The van der Waals surface area contributed by atoms with E-state index < -0.39 is 6.10 Å². The molecule has 0 bridgehead atoms. The van der Waals surface area contributed by atoms with Gasteiger partial charge in [0.05, 0.1) is 12.1 Å². The molecule has 0 aromatic carbocycles. The summed E-state index contributed by atoms with van der Waals surface area (Å²) in [4.78, 5) is 17.8. The van der Waals surface area contributed by atoms with Gasteiger partial charge in [-0.3, -0.25) is 9.78 Å². The van der Waals surface area contributed by atoms with Crippen LogP contribution in [-0.2, 0) is 0 Å². The molecule has 5 heteroatoms. The van der Waals surface area contributed by atoms with Crippen molar-refractivity contribution < 1.29 is 9.90 Å². The molecule has 0 radical (unpaired) electrons. The number of rotatable bonds is 2. The van der Waals surface area contributed by atoms with Crippen LogP contribution in [0.3, 0.4) is 0 Å². The van der Waals surface area contributed by atoms with Crippen LogP contribution in [-0.4, -0.2) is 40.1 Å². The van der Waals surface area contributed by atoms with Crippen molar-refractivity contribution in [1.29, 1.82) is 0 Å². The highest BCUT2D eigenvalue weighted by Crippen LogP contribution is 2.23. The number of amides is 1. The van der Waals surface area contributed by atoms with E-state index in [1.807, 2.05) is 0 Å². The lowest BCUT2D eigenvalue weighted by molar-refractivity contribution is 0.0264. The summed E-state index contributed by atoms with van der Waals surface area (Å²) in [6.45, 7) is 0. The Kier molecular flexibility index (Phi) is 4.19. The molecule has 18 heavy (non-hydrogen) atoms. The summed E-state index contributed by atoms with van der Waals surface area (Å²) in [5.41, 5.74) is 0.322. The number of likely N-dealkylation sites (N-methyl/N-ethyl adjacent to an activating group) is 1. The fourth-order valence-corrected chi connectivity index (χ4v) is 2.56. The van der Waals surface area contributed by atoms with Gasteiger partial charge in [0.15, 0.2) is 0 Å². The Balaban J connectivity index is 2.13. The van der Waals surface area contributed by atoms with Gasteiger partial charge in [-0.05, 0) is 25.0 Å². The van der Waals surface area contributed by atoms with Crippen molar-refractivity contribution in [2.75, 3.05) is 7.05 Å². The Morgan fingerprint density at radius 2 is 2.22 bits per heavy atom. The minimum Gasteiger partial charge on any atom is -0.391 e. The van der Waals surface area contributed by atoms with Crippen LogP contribution in [0.2, 0.25) is 5.02 Å². The quantitative estimate of drug-likeness (QED) is 0.894. The summed E-state index contributed by atoms with van der Waals surface area (Å²) < 4.78 is 0. The molecular formula is C13H17ClN2O2. The maximum atomic E-state index is 12.2. The van der Waals surface area contributed by atoms with Crippen LogP contribution >= 0.6 is 11.6 Å². The first kappa shape index (κ1) is 13.3. The van der Waals surface area contributed by atoms with Crippen molar-refractivity contribution in [2.45, 2.75) is 37.8 Å². The molecule has 1 aromatic heterocycles. The predicted molar refractivity (Wildman–Crippen MR) is 69.6 cm³/mol. The molecule has 2 unspecified atom stereocenters. The van der Waals surface area contributed by atoms with E-state index in [9.17, 15) is 9.90 Å². The number of carbonyl (C=O) groups is 1. The zero-order valence-electron chi connectivity index (χ0n) is 10.3. The highest BCUT2D eigenvalue weighted by Gasteiger charge is 2.30. The normalized spacial score (nSPS) is 23.7. The summed E-state index contributed by atoms with van der Waals surface area (Å²) in [5, 5.41) is 10.4. The van der Waals surface area contributed by atoms with Crippen LogP contribution in [0.4, 0.5) is 0 Å². The lowest BCUT2D eigenvalue weighted by Gasteiger charge is -2.35. The van der Waals surface area contributed by atoms with Crippen LogP contribution < -0.4 is 0 Å². The van der Waals surface area contributed by atoms with Gasteiger partial charge in [-0.1, -0.05) is 24.4 Å². The molecular weight excluding hydrogens is 252 g/mol. The molecule has 1 heterocycles. The number of halogens is 1. The van der Waals surface area contributed by atoms with Crippen molar-refractivity contribution in [3.8, 4) is 0 Å². The van der Waals surface area contributed by atoms with E-state index >= 15 is 0 Å². The van der Waals surface area contributed by atoms with Crippen LogP contribution in [0.25, 0.3) is 0 Å². The molecule has 0 aliphatic heterocycles. The third-order valence-corrected chi connectivity index (χ3v) is 3.69. The monoisotopic (exact) mass is 268 g/mol. The van der Waals surface area contributed by atoms with Gasteiger partial charge in [0, 0.05) is 18.3 Å². The molecule has 98 valence electrons. The summed E-state index contributed by atoms with van der Waals surface area (Å²) in [5.74, 6) is -0.191. The maximum absolute atomic E-state index is 12.2. The number of carbonyl (C=O) groups excluding carboxylic acids is 1. The van der Waals surface area contributed by atoms with Gasteiger partial charge in [-0.25, -0.2) is 0 Å². The lowest BCUT2D eigenvalue weighted by Crippen LogP contribution is -2.46. The second kappa shape index (κ2) is 5.67. The van der Waals surface area contributed by atoms with E-state index in [-0.39, 0.29) is 11.9 Å². The Hall–Kier alpha value is -1.13. The van der Waals surface area contributed by atoms with Crippen LogP contribution in [0.1, 0.15) is 36.2 Å². The van der Waals surface area contributed by atoms with Crippen molar-refractivity contribution >= 4 is 17.5 Å². The first-order valence-electron chi connectivity index (χ1n) is 6.16. The van der Waals surface area contributed by atoms with Gasteiger partial charge in [-0.2, -0.15) is 0 Å². The lowest BCUT2D eigenvalue weighted by atomic mass is 9.91. The van der Waals surface area contributed by atoms with E-state index in [0.717, 1.165) is 25.7 Å².